The zero-order chi connectivity index (χ0) is 20.5. The van der Waals surface area contributed by atoms with Crippen molar-refractivity contribution in [2.24, 2.45) is 0 Å². The second kappa shape index (κ2) is 7.40. The summed E-state index contributed by atoms with van der Waals surface area (Å²) in [6.45, 7) is 1.44. The minimum Gasteiger partial charge on any atom is -0.496 e. The van der Waals surface area contributed by atoms with Gasteiger partial charge in [-0.25, -0.2) is 13.0 Å². The molecular weight excluding hydrogens is 394 g/mol. The van der Waals surface area contributed by atoms with Crippen molar-refractivity contribution in [1.82, 2.24) is 19.4 Å². The second-order valence-electron chi connectivity index (χ2n) is 6.20. The van der Waals surface area contributed by atoms with Crippen LogP contribution in [0.4, 0.5) is 5.69 Å². The Balaban J connectivity index is 1.81. The SMILES string of the molecule is COc1ccccc1-c1cc2n(C(C)=O)c(-c3ccc(N[SH](=O)=O)cc3)nn2n1. The second-order valence-corrected chi connectivity index (χ2v) is 6.94. The Morgan fingerprint density at radius 2 is 1.79 bits per heavy atom. The lowest BCUT2D eigenvalue weighted by Gasteiger charge is -2.06. The molecular formula is C19H17N5O4S. The number of ether oxygens (including phenoxy) is 1. The number of para-hydroxylation sites is 1. The van der Waals surface area contributed by atoms with Crippen molar-refractivity contribution in [2.75, 3.05) is 11.8 Å². The molecule has 0 aliphatic rings. The van der Waals surface area contributed by atoms with Crippen molar-refractivity contribution in [3.63, 3.8) is 0 Å². The van der Waals surface area contributed by atoms with Crippen LogP contribution in [0.2, 0.25) is 0 Å². The van der Waals surface area contributed by atoms with Gasteiger partial charge in [-0.05, 0) is 36.4 Å². The summed E-state index contributed by atoms with van der Waals surface area (Å²) in [5.41, 5.74) is 3.01. The minimum atomic E-state index is -2.75. The average Bonchev–Trinajstić information content (AvgIpc) is 3.25. The third kappa shape index (κ3) is 3.45. The van der Waals surface area contributed by atoms with Crippen LogP contribution in [0.5, 0.6) is 5.75 Å². The topological polar surface area (TPSA) is 108 Å². The van der Waals surface area contributed by atoms with Gasteiger partial charge in [0.25, 0.3) is 0 Å². The fraction of sp³-hybridized carbons (Fsp3) is 0.105. The van der Waals surface area contributed by atoms with Crippen LogP contribution in [0.3, 0.4) is 0 Å². The van der Waals surface area contributed by atoms with Gasteiger partial charge in [0.05, 0.1) is 7.11 Å². The normalized spacial score (nSPS) is 11.1. The highest BCUT2D eigenvalue weighted by Gasteiger charge is 2.20. The summed E-state index contributed by atoms with van der Waals surface area (Å²) in [4.78, 5) is 12.4. The van der Waals surface area contributed by atoms with E-state index in [2.05, 4.69) is 14.9 Å². The summed E-state index contributed by atoms with van der Waals surface area (Å²) in [5, 5.41) is 8.96. The van der Waals surface area contributed by atoms with Crippen molar-refractivity contribution in [1.29, 1.82) is 0 Å². The van der Waals surface area contributed by atoms with E-state index in [1.807, 2.05) is 24.3 Å². The molecule has 0 aliphatic heterocycles. The third-order valence-electron chi connectivity index (χ3n) is 4.36. The number of methoxy groups -OCH3 is 1. The van der Waals surface area contributed by atoms with Gasteiger partial charge in [0, 0.05) is 29.8 Å². The van der Waals surface area contributed by atoms with Crippen LogP contribution in [-0.4, -0.2) is 40.8 Å². The average molecular weight is 411 g/mol. The summed E-state index contributed by atoms with van der Waals surface area (Å²) in [7, 11) is -1.16. The molecule has 0 radical (unpaired) electrons. The molecule has 2 heterocycles. The molecule has 0 atom stereocenters. The van der Waals surface area contributed by atoms with E-state index < -0.39 is 10.9 Å². The molecule has 1 N–H and O–H groups in total. The fourth-order valence-electron chi connectivity index (χ4n) is 3.12. The molecule has 2 aromatic carbocycles. The Bertz CT molecular complexity index is 1280. The highest BCUT2D eigenvalue weighted by atomic mass is 32.2. The van der Waals surface area contributed by atoms with E-state index in [9.17, 15) is 13.2 Å². The zero-order valence-electron chi connectivity index (χ0n) is 15.6. The van der Waals surface area contributed by atoms with Gasteiger partial charge in [-0.3, -0.25) is 9.52 Å². The Hall–Kier alpha value is -3.66. The number of benzene rings is 2. The van der Waals surface area contributed by atoms with Gasteiger partial charge in [0.2, 0.25) is 16.8 Å². The number of thiol groups is 1. The maximum absolute atomic E-state index is 12.4. The lowest BCUT2D eigenvalue weighted by atomic mass is 10.1. The molecule has 0 unspecified atom stereocenters. The molecule has 10 heteroatoms. The molecule has 0 aliphatic carbocycles. The van der Waals surface area contributed by atoms with E-state index in [0.717, 1.165) is 5.56 Å². The maximum atomic E-state index is 12.4. The number of nitrogens with zero attached hydrogens (tertiary/aromatic N) is 4. The molecule has 0 fully saturated rings. The van der Waals surface area contributed by atoms with Gasteiger partial charge in [0.15, 0.2) is 11.5 Å². The quantitative estimate of drug-likeness (QED) is 0.489. The first-order valence-corrected chi connectivity index (χ1v) is 9.80. The molecule has 148 valence electrons. The summed E-state index contributed by atoms with van der Waals surface area (Å²) in [5.74, 6) is 0.853. The van der Waals surface area contributed by atoms with Gasteiger partial charge in [-0.2, -0.15) is 0 Å². The number of anilines is 1. The van der Waals surface area contributed by atoms with Crippen LogP contribution in [0.25, 0.3) is 28.3 Å². The van der Waals surface area contributed by atoms with Crippen LogP contribution >= 0.6 is 0 Å². The summed E-state index contributed by atoms with van der Waals surface area (Å²) in [6.07, 6.45) is 0. The van der Waals surface area contributed by atoms with E-state index in [4.69, 9.17) is 4.74 Å². The predicted octanol–water partition coefficient (Wildman–Crippen LogP) is 2.47. The van der Waals surface area contributed by atoms with Crippen LogP contribution in [0.1, 0.15) is 11.7 Å². The first-order valence-electron chi connectivity index (χ1n) is 8.62. The van der Waals surface area contributed by atoms with E-state index in [1.54, 1.807) is 37.4 Å². The van der Waals surface area contributed by atoms with Crippen LogP contribution in [0, 0.1) is 0 Å². The molecule has 9 nitrogen and oxygen atoms in total. The van der Waals surface area contributed by atoms with Gasteiger partial charge >= 0.3 is 0 Å². The molecule has 2 aromatic heterocycles. The van der Waals surface area contributed by atoms with E-state index in [0.29, 0.717) is 34.2 Å². The Kier molecular flexibility index (Phi) is 4.77. The largest absolute Gasteiger partial charge is 0.496 e. The molecule has 0 saturated heterocycles. The molecule has 0 bridgehead atoms. The summed E-state index contributed by atoms with van der Waals surface area (Å²) >= 11 is 0. The number of carbonyl (C=O) groups excluding carboxylic acids is 1. The van der Waals surface area contributed by atoms with Crippen LogP contribution in [0.15, 0.2) is 54.6 Å². The summed E-state index contributed by atoms with van der Waals surface area (Å²) in [6, 6.07) is 15.8. The highest BCUT2D eigenvalue weighted by molar-refractivity contribution is 7.73. The summed E-state index contributed by atoms with van der Waals surface area (Å²) < 4.78 is 32.1. The molecule has 4 aromatic rings. The lowest BCUT2D eigenvalue weighted by Crippen LogP contribution is -2.07. The number of hydrogen-bond donors (Lipinski definition) is 2. The molecule has 29 heavy (non-hydrogen) atoms. The predicted molar refractivity (Wildman–Crippen MR) is 109 cm³/mol. The maximum Gasteiger partial charge on any atom is 0.230 e. The molecule has 0 amide bonds. The van der Waals surface area contributed by atoms with Gasteiger partial charge in [0.1, 0.15) is 11.4 Å². The first-order chi connectivity index (χ1) is 14.0. The van der Waals surface area contributed by atoms with Crippen molar-refractivity contribution >= 4 is 28.1 Å². The first kappa shape index (κ1) is 18.7. The van der Waals surface area contributed by atoms with Crippen molar-refractivity contribution in [2.45, 2.75) is 6.92 Å². The molecule has 0 spiro atoms. The van der Waals surface area contributed by atoms with Gasteiger partial charge in [-0.1, -0.05) is 12.1 Å². The molecule has 0 saturated carbocycles. The number of carbonyl (C=O) groups is 1. The zero-order valence-corrected chi connectivity index (χ0v) is 16.5. The Labute approximate surface area is 167 Å². The molecule has 4 rings (SSSR count). The van der Waals surface area contributed by atoms with Crippen LogP contribution < -0.4 is 9.46 Å². The number of hydrogen-bond acceptors (Lipinski definition) is 6. The number of fused-ring (bicyclic) bond motifs is 1. The van der Waals surface area contributed by atoms with Crippen LogP contribution in [-0.2, 0) is 10.9 Å². The Morgan fingerprint density at radius 3 is 2.45 bits per heavy atom. The standard InChI is InChI=1S/C19H17N5O4S/c1-12(25)23-18-11-16(15-5-3-4-6-17(15)28-2)20-24(18)21-19(23)13-7-9-14(10-8-13)22-29(26)27/h3-11,29H,1-2H3,(H,22,26,27). The fourth-order valence-corrected chi connectivity index (χ4v) is 3.48. The highest BCUT2D eigenvalue weighted by Crippen LogP contribution is 2.30. The van der Waals surface area contributed by atoms with E-state index >= 15 is 0 Å². The number of nitrogens with one attached hydrogen (secondary N) is 1. The van der Waals surface area contributed by atoms with Crippen molar-refractivity contribution in [3.8, 4) is 28.4 Å². The number of rotatable bonds is 5. The minimum absolute atomic E-state index is 0.223. The monoisotopic (exact) mass is 411 g/mol. The number of aromatic nitrogens is 4. The van der Waals surface area contributed by atoms with E-state index in [-0.39, 0.29) is 5.91 Å². The van der Waals surface area contributed by atoms with Crippen molar-refractivity contribution < 1.29 is 17.9 Å². The smallest absolute Gasteiger partial charge is 0.230 e. The third-order valence-corrected chi connectivity index (χ3v) is 4.81. The van der Waals surface area contributed by atoms with Gasteiger partial charge in [-0.15, -0.1) is 14.8 Å². The lowest BCUT2D eigenvalue weighted by molar-refractivity contribution is 0.0942. The van der Waals surface area contributed by atoms with Gasteiger partial charge < -0.3 is 4.74 Å². The van der Waals surface area contributed by atoms with E-state index in [1.165, 1.54) is 16.1 Å². The Morgan fingerprint density at radius 1 is 1.07 bits per heavy atom. The van der Waals surface area contributed by atoms with Crippen molar-refractivity contribution in [3.05, 3.63) is 54.6 Å².